The van der Waals surface area contributed by atoms with E-state index in [1.165, 1.54) is 0 Å². The van der Waals surface area contributed by atoms with E-state index in [0.717, 1.165) is 58.2 Å². The largest absolute Gasteiger partial charge is 0.424 e. The van der Waals surface area contributed by atoms with Crippen molar-refractivity contribution in [2.24, 2.45) is 5.92 Å². The lowest BCUT2D eigenvalue weighted by molar-refractivity contribution is -0.139. The van der Waals surface area contributed by atoms with Crippen LogP contribution >= 0.6 is 0 Å². The quantitative estimate of drug-likeness (QED) is 0.457. The summed E-state index contributed by atoms with van der Waals surface area (Å²) in [5.74, 6) is 0.736. The molecule has 0 radical (unpaired) electrons. The van der Waals surface area contributed by atoms with E-state index < -0.39 is 0 Å². The highest BCUT2D eigenvalue weighted by Gasteiger charge is 2.39. The fourth-order valence-electron chi connectivity index (χ4n) is 4.81. The summed E-state index contributed by atoms with van der Waals surface area (Å²) in [6, 6.07) is 12.1. The van der Waals surface area contributed by atoms with Crippen molar-refractivity contribution in [1.82, 2.24) is 19.9 Å². The van der Waals surface area contributed by atoms with Crippen LogP contribution in [0.25, 0.3) is 33.3 Å². The van der Waals surface area contributed by atoms with Gasteiger partial charge in [-0.1, -0.05) is 12.1 Å². The van der Waals surface area contributed by atoms with Crippen molar-refractivity contribution < 1.29 is 14.0 Å². The van der Waals surface area contributed by atoms with Gasteiger partial charge in [0.05, 0.1) is 29.2 Å². The van der Waals surface area contributed by atoms with Gasteiger partial charge in [0, 0.05) is 26.7 Å². The molecule has 2 saturated heterocycles. The lowest BCUT2D eigenvalue weighted by Crippen LogP contribution is -2.55. The number of fused-ring (bicyclic) bond motifs is 2. The minimum absolute atomic E-state index is 0.0755. The van der Waals surface area contributed by atoms with Gasteiger partial charge in [0.1, 0.15) is 17.6 Å². The van der Waals surface area contributed by atoms with Crippen molar-refractivity contribution >= 4 is 46.2 Å². The number of aromatic nitrogens is 3. The molecule has 0 saturated carbocycles. The molecule has 2 aliphatic heterocycles. The summed E-state index contributed by atoms with van der Waals surface area (Å²) < 4.78 is 5.62. The van der Waals surface area contributed by atoms with E-state index in [4.69, 9.17) is 9.40 Å². The maximum Gasteiger partial charge on any atom is 0.295 e. The van der Waals surface area contributed by atoms with Crippen LogP contribution in [0.5, 0.6) is 0 Å². The second-order valence-electron chi connectivity index (χ2n) is 8.86. The van der Waals surface area contributed by atoms with E-state index in [-0.39, 0.29) is 17.9 Å². The van der Waals surface area contributed by atoms with Gasteiger partial charge in [-0.05, 0) is 48.2 Å². The number of aldehydes is 1. The molecule has 1 unspecified atom stereocenters. The third-order valence-electron chi connectivity index (χ3n) is 6.76. The van der Waals surface area contributed by atoms with Crippen molar-refractivity contribution in [2.75, 3.05) is 36.9 Å². The second kappa shape index (κ2) is 8.09. The topological polar surface area (TPSA) is 104 Å². The van der Waals surface area contributed by atoms with Crippen LogP contribution in [-0.2, 0) is 9.59 Å². The summed E-state index contributed by atoms with van der Waals surface area (Å²) in [4.78, 5) is 41.7. The molecule has 1 amide bonds. The molecular weight excluding hydrogens is 432 g/mol. The Hall–Kier alpha value is -4.01. The summed E-state index contributed by atoms with van der Waals surface area (Å²) in [6.45, 7) is 1.86. The molecule has 172 valence electrons. The van der Waals surface area contributed by atoms with Crippen molar-refractivity contribution in [2.45, 2.75) is 18.9 Å². The predicted octanol–water partition coefficient (Wildman–Crippen LogP) is 3.11. The Labute approximate surface area is 195 Å². The number of benzene rings is 2. The van der Waals surface area contributed by atoms with Crippen LogP contribution < -0.4 is 10.2 Å². The Morgan fingerprint density at radius 1 is 1.09 bits per heavy atom. The highest BCUT2D eigenvalue weighted by atomic mass is 16.4. The zero-order valence-electron chi connectivity index (χ0n) is 18.8. The SMILES string of the molecule is CNc1nc2cc(-c3ccc4ncc(N5CC(C(=O)N6CCCC6C=O)C5)nc4c3)ccc2o1. The molecule has 2 aromatic carbocycles. The number of oxazole rings is 1. The van der Waals surface area contributed by atoms with Gasteiger partial charge < -0.3 is 24.3 Å². The second-order valence-corrected chi connectivity index (χ2v) is 8.86. The molecule has 4 heterocycles. The zero-order chi connectivity index (χ0) is 23.2. The Balaban J connectivity index is 1.22. The highest BCUT2D eigenvalue weighted by Crippen LogP contribution is 2.30. The molecule has 9 nitrogen and oxygen atoms in total. The highest BCUT2D eigenvalue weighted by molar-refractivity contribution is 5.87. The standard InChI is InChI=1S/C25H24N6O3/c1-26-25-29-21-10-16(5-7-22(21)34-25)15-4-6-19-20(9-15)28-23(11-27-19)30-12-17(13-30)24(33)31-8-2-3-18(31)14-32/h4-7,9-11,14,17-18H,2-3,8,12-13H2,1H3,(H,26,29). The van der Waals surface area contributed by atoms with E-state index in [1.54, 1.807) is 18.1 Å². The van der Waals surface area contributed by atoms with Crippen LogP contribution in [0.2, 0.25) is 0 Å². The molecule has 2 aromatic heterocycles. The Morgan fingerprint density at radius 2 is 1.88 bits per heavy atom. The maximum atomic E-state index is 12.8. The van der Waals surface area contributed by atoms with Crippen LogP contribution in [0, 0.1) is 5.92 Å². The fourth-order valence-corrected chi connectivity index (χ4v) is 4.81. The van der Waals surface area contributed by atoms with E-state index in [0.29, 0.717) is 25.6 Å². The summed E-state index contributed by atoms with van der Waals surface area (Å²) in [7, 11) is 1.77. The van der Waals surface area contributed by atoms with Crippen molar-refractivity contribution in [3.63, 3.8) is 0 Å². The normalized spacial score (nSPS) is 18.4. The van der Waals surface area contributed by atoms with Gasteiger partial charge in [-0.3, -0.25) is 9.78 Å². The van der Waals surface area contributed by atoms with Crippen LogP contribution in [0.4, 0.5) is 11.8 Å². The summed E-state index contributed by atoms with van der Waals surface area (Å²) in [6.07, 6.45) is 4.32. The van der Waals surface area contributed by atoms with Crippen LogP contribution in [0.3, 0.4) is 0 Å². The number of hydrogen-bond acceptors (Lipinski definition) is 8. The first-order valence-electron chi connectivity index (χ1n) is 11.5. The van der Waals surface area contributed by atoms with E-state index in [2.05, 4.69) is 20.2 Å². The van der Waals surface area contributed by atoms with Crippen LogP contribution in [-0.4, -0.2) is 64.8 Å². The van der Waals surface area contributed by atoms with Gasteiger partial charge >= 0.3 is 0 Å². The number of nitrogens with one attached hydrogen (secondary N) is 1. The van der Waals surface area contributed by atoms with Crippen LogP contribution in [0.1, 0.15) is 12.8 Å². The molecule has 4 aromatic rings. The predicted molar refractivity (Wildman–Crippen MR) is 129 cm³/mol. The van der Waals surface area contributed by atoms with Gasteiger partial charge in [0.2, 0.25) is 5.91 Å². The Bertz CT molecular complexity index is 1410. The molecule has 0 aliphatic carbocycles. The monoisotopic (exact) mass is 456 g/mol. The molecule has 2 aliphatic rings. The van der Waals surface area contributed by atoms with Crippen molar-refractivity contribution in [1.29, 1.82) is 0 Å². The first kappa shape index (κ1) is 20.6. The third kappa shape index (κ3) is 3.44. The fraction of sp³-hybridized carbons (Fsp3) is 0.320. The lowest BCUT2D eigenvalue weighted by atomic mass is 9.98. The average Bonchev–Trinajstić information content (AvgIpc) is 3.48. The first-order chi connectivity index (χ1) is 16.6. The smallest absolute Gasteiger partial charge is 0.295 e. The molecule has 2 fully saturated rings. The third-order valence-corrected chi connectivity index (χ3v) is 6.76. The average molecular weight is 457 g/mol. The van der Waals surface area contributed by atoms with E-state index in [1.807, 2.05) is 36.4 Å². The Kier molecular flexibility index (Phi) is 4.90. The number of hydrogen-bond donors (Lipinski definition) is 1. The molecule has 1 N–H and O–H groups in total. The summed E-state index contributed by atoms with van der Waals surface area (Å²) in [5, 5.41) is 2.92. The molecular formula is C25H24N6O3. The summed E-state index contributed by atoms with van der Waals surface area (Å²) >= 11 is 0. The minimum atomic E-state index is -0.262. The van der Waals surface area contributed by atoms with E-state index >= 15 is 0 Å². The number of amides is 1. The van der Waals surface area contributed by atoms with Gasteiger partial charge in [0.25, 0.3) is 6.01 Å². The van der Waals surface area contributed by atoms with Gasteiger partial charge in [-0.15, -0.1) is 0 Å². The number of likely N-dealkylation sites (tertiary alicyclic amines) is 1. The molecule has 6 rings (SSSR count). The van der Waals surface area contributed by atoms with Crippen molar-refractivity contribution in [3.05, 3.63) is 42.6 Å². The molecule has 0 bridgehead atoms. The Morgan fingerprint density at radius 3 is 2.68 bits per heavy atom. The number of anilines is 2. The van der Waals surface area contributed by atoms with E-state index in [9.17, 15) is 9.59 Å². The molecule has 1 atom stereocenters. The van der Waals surface area contributed by atoms with Gasteiger partial charge in [-0.25, -0.2) is 4.98 Å². The number of rotatable bonds is 5. The maximum absolute atomic E-state index is 12.8. The zero-order valence-corrected chi connectivity index (χ0v) is 18.8. The number of carbonyl (C=O) groups is 2. The number of nitrogens with zero attached hydrogens (tertiary/aromatic N) is 5. The van der Waals surface area contributed by atoms with Crippen LogP contribution in [0.15, 0.2) is 47.0 Å². The van der Waals surface area contributed by atoms with Gasteiger partial charge in [-0.2, -0.15) is 4.98 Å². The molecule has 0 spiro atoms. The first-order valence-corrected chi connectivity index (χ1v) is 11.5. The minimum Gasteiger partial charge on any atom is -0.424 e. The summed E-state index contributed by atoms with van der Waals surface area (Å²) in [5.41, 5.74) is 5.15. The molecule has 34 heavy (non-hydrogen) atoms. The van der Waals surface area contributed by atoms with Gasteiger partial charge in [0.15, 0.2) is 5.58 Å². The van der Waals surface area contributed by atoms with Crippen molar-refractivity contribution in [3.8, 4) is 11.1 Å². The lowest BCUT2D eigenvalue weighted by Gasteiger charge is -2.41. The number of carbonyl (C=O) groups excluding carboxylic acids is 2. The molecule has 9 heteroatoms.